The second-order valence-electron chi connectivity index (χ2n) is 5.03. The summed E-state index contributed by atoms with van der Waals surface area (Å²) in [7, 11) is 0. The van der Waals surface area contributed by atoms with E-state index in [0.717, 1.165) is 5.56 Å². The van der Waals surface area contributed by atoms with Crippen LogP contribution >= 0.6 is 11.6 Å². The van der Waals surface area contributed by atoms with E-state index in [4.69, 9.17) is 16.3 Å². The first-order valence-electron chi connectivity index (χ1n) is 7.15. The molecule has 0 aliphatic rings. The van der Waals surface area contributed by atoms with Crippen molar-refractivity contribution in [3.63, 3.8) is 0 Å². The van der Waals surface area contributed by atoms with Gasteiger partial charge in [-0.25, -0.2) is 4.39 Å². The minimum atomic E-state index is -0.433. The quantitative estimate of drug-likeness (QED) is 0.841. The molecule has 0 radical (unpaired) electrons. The summed E-state index contributed by atoms with van der Waals surface area (Å²) in [6, 6.07) is 10.4. The Hall–Kier alpha value is -2.60. The van der Waals surface area contributed by atoms with E-state index in [1.165, 1.54) is 24.3 Å². The molecular weight excluding hydrogens is 335 g/mol. The van der Waals surface area contributed by atoms with Crippen LogP contribution in [0.2, 0.25) is 5.02 Å². The lowest BCUT2D eigenvalue weighted by molar-refractivity contribution is -0.125. The molecule has 24 heavy (non-hydrogen) atoms. The molecule has 0 heterocycles. The monoisotopic (exact) mass is 350 g/mol. The third-order valence-corrected chi connectivity index (χ3v) is 3.50. The standard InChI is InChI=1S/C17H16ClFN2O3/c1-11-8-14(6-7-15(11)18)24-10-17(23)20-9-16(22)21-13-4-2-12(19)3-5-13/h2-8H,9-10H2,1H3,(H,20,23)(H,21,22). The highest BCUT2D eigenvalue weighted by atomic mass is 35.5. The fraction of sp³-hybridized carbons (Fsp3) is 0.176. The fourth-order valence-corrected chi connectivity index (χ4v) is 1.94. The van der Waals surface area contributed by atoms with E-state index in [1.54, 1.807) is 18.2 Å². The molecular formula is C17H16ClFN2O3. The first kappa shape index (κ1) is 17.7. The second kappa shape index (κ2) is 8.31. The number of hydrogen-bond donors (Lipinski definition) is 2. The van der Waals surface area contributed by atoms with Crippen molar-refractivity contribution < 1.29 is 18.7 Å². The van der Waals surface area contributed by atoms with Crippen LogP contribution in [0.4, 0.5) is 10.1 Å². The Kier molecular flexibility index (Phi) is 6.14. The zero-order valence-electron chi connectivity index (χ0n) is 12.9. The van der Waals surface area contributed by atoms with Gasteiger partial charge in [0.15, 0.2) is 6.61 Å². The molecule has 7 heteroatoms. The van der Waals surface area contributed by atoms with Gasteiger partial charge in [0.2, 0.25) is 5.91 Å². The minimum Gasteiger partial charge on any atom is -0.484 e. The number of ether oxygens (including phenoxy) is 1. The van der Waals surface area contributed by atoms with Crippen LogP contribution in [0.1, 0.15) is 5.56 Å². The number of hydrogen-bond acceptors (Lipinski definition) is 3. The highest BCUT2D eigenvalue weighted by molar-refractivity contribution is 6.31. The number of benzene rings is 2. The molecule has 2 aromatic carbocycles. The van der Waals surface area contributed by atoms with Gasteiger partial charge in [-0.1, -0.05) is 11.6 Å². The van der Waals surface area contributed by atoms with Crippen molar-refractivity contribution in [1.29, 1.82) is 0 Å². The lowest BCUT2D eigenvalue weighted by Crippen LogP contribution is -2.35. The van der Waals surface area contributed by atoms with Crippen molar-refractivity contribution in [2.24, 2.45) is 0 Å². The van der Waals surface area contributed by atoms with Crippen LogP contribution < -0.4 is 15.4 Å². The SMILES string of the molecule is Cc1cc(OCC(=O)NCC(=O)Nc2ccc(F)cc2)ccc1Cl. The average Bonchev–Trinajstić information content (AvgIpc) is 2.56. The normalized spacial score (nSPS) is 10.1. The molecule has 2 aromatic rings. The van der Waals surface area contributed by atoms with E-state index < -0.39 is 17.6 Å². The van der Waals surface area contributed by atoms with Crippen molar-refractivity contribution in [2.75, 3.05) is 18.5 Å². The molecule has 0 aliphatic heterocycles. The maximum atomic E-state index is 12.8. The Morgan fingerprint density at radius 3 is 2.50 bits per heavy atom. The van der Waals surface area contributed by atoms with Gasteiger partial charge in [-0.05, 0) is 55.0 Å². The summed E-state index contributed by atoms with van der Waals surface area (Å²) in [5.41, 5.74) is 1.29. The number of anilines is 1. The van der Waals surface area contributed by atoms with Gasteiger partial charge in [0.05, 0.1) is 6.54 Å². The van der Waals surface area contributed by atoms with E-state index in [2.05, 4.69) is 10.6 Å². The van der Waals surface area contributed by atoms with Gasteiger partial charge >= 0.3 is 0 Å². The van der Waals surface area contributed by atoms with Crippen LogP contribution in [-0.2, 0) is 9.59 Å². The van der Waals surface area contributed by atoms with E-state index in [-0.39, 0.29) is 13.2 Å². The van der Waals surface area contributed by atoms with Gasteiger partial charge in [0.25, 0.3) is 5.91 Å². The lowest BCUT2D eigenvalue weighted by atomic mass is 10.2. The number of carbonyl (C=O) groups excluding carboxylic acids is 2. The van der Waals surface area contributed by atoms with Crippen molar-refractivity contribution in [1.82, 2.24) is 5.32 Å². The molecule has 2 amide bonds. The molecule has 0 saturated heterocycles. The summed E-state index contributed by atoms with van der Waals surface area (Å²) in [4.78, 5) is 23.4. The molecule has 0 unspecified atom stereocenters. The number of rotatable bonds is 6. The number of amides is 2. The van der Waals surface area contributed by atoms with Gasteiger partial charge in [-0.3, -0.25) is 9.59 Å². The maximum absolute atomic E-state index is 12.8. The van der Waals surface area contributed by atoms with E-state index >= 15 is 0 Å². The summed E-state index contributed by atoms with van der Waals surface area (Å²) in [5.74, 6) is -0.729. The molecule has 5 nitrogen and oxygen atoms in total. The fourth-order valence-electron chi connectivity index (χ4n) is 1.82. The van der Waals surface area contributed by atoms with Crippen LogP contribution in [0.5, 0.6) is 5.75 Å². The molecule has 0 bridgehead atoms. The smallest absolute Gasteiger partial charge is 0.258 e. The van der Waals surface area contributed by atoms with Crippen molar-refractivity contribution in [3.05, 3.63) is 58.9 Å². The molecule has 0 spiro atoms. The molecule has 126 valence electrons. The summed E-state index contributed by atoms with van der Waals surface area (Å²) in [6.45, 7) is 1.40. The Morgan fingerprint density at radius 1 is 1.12 bits per heavy atom. The highest BCUT2D eigenvalue weighted by Crippen LogP contribution is 2.20. The van der Waals surface area contributed by atoms with Crippen LogP contribution in [0.3, 0.4) is 0 Å². The van der Waals surface area contributed by atoms with Crippen LogP contribution in [0, 0.1) is 12.7 Å². The Morgan fingerprint density at radius 2 is 1.83 bits per heavy atom. The number of carbonyl (C=O) groups is 2. The minimum absolute atomic E-state index is 0.209. The summed E-state index contributed by atoms with van der Waals surface area (Å²) in [6.07, 6.45) is 0. The van der Waals surface area contributed by atoms with Crippen molar-refractivity contribution in [2.45, 2.75) is 6.92 Å². The van der Waals surface area contributed by atoms with Gasteiger partial charge in [-0.15, -0.1) is 0 Å². The highest BCUT2D eigenvalue weighted by Gasteiger charge is 2.07. The molecule has 0 atom stereocenters. The van der Waals surface area contributed by atoms with E-state index in [0.29, 0.717) is 16.5 Å². The summed E-state index contributed by atoms with van der Waals surface area (Å²) in [5, 5.41) is 5.59. The Labute approximate surface area is 143 Å². The molecule has 0 aromatic heterocycles. The largest absolute Gasteiger partial charge is 0.484 e. The van der Waals surface area contributed by atoms with Crippen molar-refractivity contribution in [3.8, 4) is 5.75 Å². The second-order valence-corrected chi connectivity index (χ2v) is 5.44. The summed E-state index contributed by atoms with van der Waals surface area (Å²) >= 11 is 5.90. The molecule has 2 N–H and O–H groups in total. The third kappa shape index (κ3) is 5.55. The molecule has 0 aliphatic carbocycles. The van der Waals surface area contributed by atoms with Crippen LogP contribution in [0.15, 0.2) is 42.5 Å². The zero-order valence-corrected chi connectivity index (χ0v) is 13.7. The number of nitrogens with one attached hydrogen (secondary N) is 2. The van der Waals surface area contributed by atoms with E-state index in [9.17, 15) is 14.0 Å². The molecule has 0 saturated carbocycles. The average molecular weight is 351 g/mol. The maximum Gasteiger partial charge on any atom is 0.258 e. The molecule has 2 rings (SSSR count). The lowest BCUT2D eigenvalue weighted by Gasteiger charge is -2.09. The topological polar surface area (TPSA) is 67.4 Å². The number of halogens is 2. The Bertz CT molecular complexity index is 735. The zero-order chi connectivity index (χ0) is 17.5. The first-order valence-corrected chi connectivity index (χ1v) is 7.53. The van der Waals surface area contributed by atoms with Gasteiger partial charge < -0.3 is 15.4 Å². The Balaban J connectivity index is 1.73. The van der Waals surface area contributed by atoms with E-state index in [1.807, 2.05) is 6.92 Å². The van der Waals surface area contributed by atoms with Crippen LogP contribution in [0.25, 0.3) is 0 Å². The number of aryl methyl sites for hydroxylation is 1. The third-order valence-electron chi connectivity index (χ3n) is 3.07. The predicted molar refractivity (Wildman–Crippen MR) is 89.7 cm³/mol. The molecule has 0 fully saturated rings. The van der Waals surface area contributed by atoms with Gasteiger partial charge in [-0.2, -0.15) is 0 Å². The van der Waals surface area contributed by atoms with Gasteiger partial charge in [0.1, 0.15) is 11.6 Å². The first-order chi connectivity index (χ1) is 11.4. The van der Waals surface area contributed by atoms with Crippen LogP contribution in [-0.4, -0.2) is 25.0 Å². The van der Waals surface area contributed by atoms with Crippen molar-refractivity contribution >= 4 is 29.1 Å². The van der Waals surface area contributed by atoms with Gasteiger partial charge in [0, 0.05) is 10.7 Å². The summed E-state index contributed by atoms with van der Waals surface area (Å²) < 4.78 is 18.1. The predicted octanol–water partition coefficient (Wildman–Crippen LogP) is 2.92.